The molecule has 0 radical (unpaired) electrons. The van der Waals surface area contributed by atoms with Crippen molar-refractivity contribution in [2.75, 3.05) is 6.54 Å². The quantitative estimate of drug-likeness (QED) is 0.810. The van der Waals surface area contributed by atoms with Crippen LogP contribution >= 0.6 is 23.1 Å². The minimum Gasteiger partial charge on any atom is -0.440 e. The van der Waals surface area contributed by atoms with Crippen LogP contribution in [0.2, 0.25) is 0 Å². The maximum Gasteiger partial charge on any atom is 0.256 e. The van der Waals surface area contributed by atoms with Crippen molar-refractivity contribution in [1.82, 2.24) is 9.88 Å². The van der Waals surface area contributed by atoms with Gasteiger partial charge in [0.2, 0.25) is 5.91 Å². The molecule has 0 saturated carbocycles. The third-order valence-corrected chi connectivity index (χ3v) is 5.37. The van der Waals surface area contributed by atoms with Gasteiger partial charge in [0, 0.05) is 11.4 Å². The van der Waals surface area contributed by atoms with Crippen LogP contribution in [-0.2, 0) is 4.79 Å². The number of carbonyl (C=O) groups excluding carboxylic acids is 1. The molecule has 6 heteroatoms. The molecule has 20 heavy (non-hydrogen) atoms. The van der Waals surface area contributed by atoms with E-state index in [4.69, 9.17) is 4.42 Å². The Hall–Kier alpha value is -1.27. The first-order valence-corrected chi connectivity index (χ1v) is 8.41. The molecule has 3 heterocycles. The first kappa shape index (κ1) is 13.7. The number of thioether (sulfide) groups is 1. The molecule has 3 rings (SSSR count). The summed E-state index contributed by atoms with van der Waals surface area (Å²) >= 11 is 3.11. The summed E-state index contributed by atoms with van der Waals surface area (Å²) in [4.78, 5) is 20.0. The fraction of sp³-hybridized carbons (Fsp3) is 0.429. The minimum atomic E-state index is -0.172. The number of carbonyl (C=O) groups is 1. The average Bonchev–Trinajstić information content (AvgIpc) is 3.18. The third kappa shape index (κ3) is 2.76. The summed E-state index contributed by atoms with van der Waals surface area (Å²) in [6.45, 7) is 2.76. The minimum absolute atomic E-state index is 0.170. The van der Waals surface area contributed by atoms with E-state index in [1.807, 2.05) is 17.9 Å². The number of thiophene rings is 1. The zero-order chi connectivity index (χ0) is 13.9. The van der Waals surface area contributed by atoms with Crippen LogP contribution in [0.1, 0.15) is 30.7 Å². The molecule has 0 bridgehead atoms. The molecule has 1 saturated heterocycles. The van der Waals surface area contributed by atoms with Crippen molar-refractivity contribution in [2.24, 2.45) is 0 Å². The predicted molar refractivity (Wildman–Crippen MR) is 79.8 cm³/mol. The number of rotatable bonds is 4. The van der Waals surface area contributed by atoms with Gasteiger partial charge in [0.15, 0.2) is 0 Å². The molecule has 0 N–H and O–H groups in total. The van der Waals surface area contributed by atoms with E-state index in [0.717, 1.165) is 19.4 Å². The maximum atomic E-state index is 12.6. The van der Waals surface area contributed by atoms with E-state index < -0.39 is 0 Å². The predicted octanol–water partition coefficient (Wildman–Crippen LogP) is 3.58. The van der Waals surface area contributed by atoms with Crippen molar-refractivity contribution >= 4 is 29.0 Å². The van der Waals surface area contributed by atoms with Crippen molar-refractivity contribution in [1.29, 1.82) is 0 Å². The van der Waals surface area contributed by atoms with Gasteiger partial charge in [-0.25, -0.2) is 4.98 Å². The number of aromatic nitrogens is 1. The van der Waals surface area contributed by atoms with Crippen molar-refractivity contribution in [3.05, 3.63) is 34.8 Å². The zero-order valence-electron chi connectivity index (χ0n) is 11.2. The summed E-state index contributed by atoms with van der Waals surface area (Å²) in [5.74, 6) is 0.170. The first-order valence-electron chi connectivity index (χ1n) is 6.66. The number of oxazole rings is 1. The highest BCUT2D eigenvalue weighted by Gasteiger charge is 2.33. The molecule has 1 aliphatic rings. The van der Waals surface area contributed by atoms with Crippen molar-refractivity contribution in [3.63, 3.8) is 0 Å². The Labute approximate surface area is 126 Å². The highest BCUT2D eigenvalue weighted by Crippen LogP contribution is 2.36. The largest absolute Gasteiger partial charge is 0.440 e. The molecule has 106 valence electrons. The monoisotopic (exact) mass is 308 g/mol. The van der Waals surface area contributed by atoms with Gasteiger partial charge in [-0.15, -0.1) is 11.3 Å². The van der Waals surface area contributed by atoms with Gasteiger partial charge in [0.05, 0.1) is 17.5 Å². The molecule has 0 unspecified atom stereocenters. The molecular weight excluding hydrogens is 292 g/mol. The van der Waals surface area contributed by atoms with Gasteiger partial charge < -0.3 is 9.32 Å². The fourth-order valence-electron chi connectivity index (χ4n) is 2.51. The Morgan fingerprint density at radius 2 is 2.55 bits per heavy atom. The topological polar surface area (TPSA) is 46.3 Å². The second-order valence-corrected chi connectivity index (χ2v) is 7.03. The summed E-state index contributed by atoms with van der Waals surface area (Å²) in [5, 5.41) is 2.45. The number of hydrogen-bond acceptors (Lipinski definition) is 5. The van der Waals surface area contributed by atoms with Gasteiger partial charge in [0.25, 0.3) is 5.22 Å². The molecule has 1 amide bonds. The molecule has 0 spiro atoms. The van der Waals surface area contributed by atoms with Gasteiger partial charge >= 0.3 is 0 Å². The summed E-state index contributed by atoms with van der Waals surface area (Å²) in [7, 11) is 0. The fourth-order valence-corrected chi connectivity index (χ4v) is 4.16. The van der Waals surface area contributed by atoms with Crippen LogP contribution < -0.4 is 0 Å². The van der Waals surface area contributed by atoms with Crippen molar-refractivity contribution in [2.45, 2.75) is 36.3 Å². The molecule has 0 aliphatic carbocycles. The Kier molecular flexibility index (Phi) is 4.12. The second-order valence-electron chi connectivity index (χ2n) is 4.76. The Balaban J connectivity index is 1.69. The van der Waals surface area contributed by atoms with Crippen molar-refractivity contribution in [3.8, 4) is 0 Å². The summed E-state index contributed by atoms with van der Waals surface area (Å²) in [5.41, 5.74) is 0. The molecule has 2 aromatic heterocycles. The molecule has 1 aliphatic heterocycles. The van der Waals surface area contributed by atoms with E-state index in [9.17, 15) is 4.79 Å². The second kappa shape index (κ2) is 6.01. The lowest BCUT2D eigenvalue weighted by atomic mass is 10.2. The zero-order valence-corrected chi connectivity index (χ0v) is 12.8. The summed E-state index contributed by atoms with van der Waals surface area (Å²) < 4.78 is 5.20. The lowest BCUT2D eigenvalue weighted by Gasteiger charge is -2.26. The third-order valence-electron chi connectivity index (χ3n) is 3.44. The lowest BCUT2D eigenvalue weighted by molar-refractivity contribution is -0.131. The van der Waals surface area contributed by atoms with Crippen LogP contribution in [0.5, 0.6) is 0 Å². The van der Waals surface area contributed by atoms with Gasteiger partial charge in [-0.1, -0.05) is 17.8 Å². The SMILES string of the molecule is C[C@@H](Sc1ncco1)C(=O)N1CCC[C@H]1c1cccs1. The maximum absolute atomic E-state index is 12.6. The lowest BCUT2D eigenvalue weighted by Crippen LogP contribution is -2.35. The van der Waals surface area contributed by atoms with Crippen LogP contribution in [0.15, 0.2) is 39.6 Å². The Bertz CT molecular complexity index is 554. The molecule has 2 atom stereocenters. The number of hydrogen-bond donors (Lipinski definition) is 0. The van der Waals surface area contributed by atoms with E-state index in [0.29, 0.717) is 5.22 Å². The smallest absolute Gasteiger partial charge is 0.256 e. The molecule has 0 aromatic carbocycles. The highest BCUT2D eigenvalue weighted by atomic mass is 32.2. The number of likely N-dealkylation sites (tertiary alicyclic amines) is 1. The Morgan fingerprint density at radius 3 is 3.25 bits per heavy atom. The van der Waals surface area contributed by atoms with Gasteiger partial charge in [-0.05, 0) is 31.2 Å². The van der Waals surface area contributed by atoms with E-state index in [2.05, 4.69) is 16.4 Å². The molecular formula is C14H16N2O2S2. The summed E-state index contributed by atoms with van der Waals surface area (Å²) in [6, 6.07) is 4.41. The normalized spacial score (nSPS) is 20.2. The standard InChI is InChI=1S/C14H16N2O2S2/c1-10(20-14-15-6-8-18-14)13(17)16-7-2-4-11(16)12-5-3-9-19-12/h3,5-6,8-11H,2,4,7H2,1H3/t10-,11+/m1/s1. The van der Waals surface area contributed by atoms with Crippen LogP contribution in [0.25, 0.3) is 0 Å². The van der Waals surface area contributed by atoms with Crippen LogP contribution in [0, 0.1) is 0 Å². The molecule has 4 nitrogen and oxygen atoms in total. The highest BCUT2D eigenvalue weighted by molar-refractivity contribution is 8.00. The van der Waals surface area contributed by atoms with Crippen LogP contribution in [-0.4, -0.2) is 27.6 Å². The summed E-state index contributed by atoms with van der Waals surface area (Å²) in [6.07, 6.45) is 5.26. The number of nitrogens with zero attached hydrogens (tertiary/aromatic N) is 2. The number of amides is 1. The van der Waals surface area contributed by atoms with E-state index in [1.165, 1.54) is 22.9 Å². The van der Waals surface area contributed by atoms with E-state index in [1.54, 1.807) is 17.5 Å². The van der Waals surface area contributed by atoms with E-state index >= 15 is 0 Å². The van der Waals surface area contributed by atoms with E-state index in [-0.39, 0.29) is 17.2 Å². The van der Waals surface area contributed by atoms with Crippen LogP contribution in [0.3, 0.4) is 0 Å². The first-order chi connectivity index (χ1) is 9.75. The van der Waals surface area contributed by atoms with Crippen molar-refractivity contribution < 1.29 is 9.21 Å². The van der Waals surface area contributed by atoms with Crippen LogP contribution in [0.4, 0.5) is 0 Å². The average molecular weight is 308 g/mol. The van der Waals surface area contributed by atoms with Gasteiger partial charge in [-0.3, -0.25) is 4.79 Å². The Morgan fingerprint density at radius 1 is 1.65 bits per heavy atom. The van der Waals surface area contributed by atoms with Gasteiger partial charge in [0.1, 0.15) is 6.26 Å². The van der Waals surface area contributed by atoms with Gasteiger partial charge in [-0.2, -0.15) is 0 Å². The molecule has 1 fully saturated rings. The molecule has 2 aromatic rings.